The van der Waals surface area contributed by atoms with E-state index in [1.54, 1.807) is 18.2 Å². The van der Waals surface area contributed by atoms with Gasteiger partial charge in [-0.25, -0.2) is 4.79 Å². The average molecular weight is 233 g/mol. The standard InChI is InChI=1S/C14H19NO2/c1-3-5-11(2)17-14(16)9-8-12-6-4-7-13(15)10-12/h4,6-11H,3,5,15H2,1-2H3/b9-8+. The minimum atomic E-state index is -0.312. The molecule has 0 spiro atoms. The number of carbonyl (C=O) groups excluding carboxylic acids is 1. The Kier molecular flexibility index (Phi) is 5.27. The largest absolute Gasteiger partial charge is 0.460 e. The summed E-state index contributed by atoms with van der Waals surface area (Å²) in [6, 6.07) is 7.34. The quantitative estimate of drug-likeness (QED) is 0.483. The molecule has 0 bridgehead atoms. The molecule has 0 fully saturated rings. The summed E-state index contributed by atoms with van der Waals surface area (Å²) in [4.78, 5) is 11.4. The predicted octanol–water partition coefficient (Wildman–Crippen LogP) is 3.01. The second kappa shape index (κ2) is 6.74. The predicted molar refractivity (Wildman–Crippen MR) is 70.4 cm³/mol. The number of ether oxygens (including phenoxy) is 1. The first-order valence-corrected chi connectivity index (χ1v) is 5.86. The van der Waals surface area contributed by atoms with Crippen LogP contribution in [0.5, 0.6) is 0 Å². The van der Waals surface area contributed by atoms with Crippen LogP contribution in [0, 0.1) is 0 Å². The maximum Gasteiger partial charge on any atom is 0.331 e. The van der Waals surface area contributed by atoms with Crippen LogP contribution in [0.25, 0.3) is 6.08 Å². The molecular formula is C14H19NO2. The van der Waals surface area contributed by atoms with E-state index in [0.717, 1.165) is 18.4 Å². The van der Waals surface area contributed by atoms with E-state index in [9.17, 15) is 4.79 Å². The van der Waals surface area contributed by atoms with Crippen LogP contribution in [0.3, 0.4) is 0 Å². The van der Waals surface area contributed by atoms with Gasteiger partial charge in [0.05, 0.1) is 6.10 Å². The van der Waals surface area contributed by atoms with Crippen molar-refractivity contribution in [3.05, 3.63) is 35.9 Å². The molecule has 1 aromatic rings. The van der Waals surface area contributed by atoms with Crippen LogP contribution >= 0.6 is 0 Å². The van der Waals surface area contributed by atoms with Gasteiger partial charge in [-0.1, -0.05) is 25.5 Å². The van der Waals surface area contributed by atoms with Crippen molar-refractivity contribution in [1.82, 2.24) is 0 Å². The molecule has 17 heavy (non-hydrogen) atoms. The molecule has 0 saturated heterocycles. The molecule has 0 aliphatic heterocycles. The lowest BCUT2D eigenvalue weighted by Gasteiger charge is -2.09. The van der Waals surface area contributed by atoms with Gasteiger partial charge in [0.15, 0.2) is 0 Å². The van der Waals surface area contributed by atoms with Crippen LogP contribution in [0.2, 0.25) is 0 Å². The molecule has 92 valence electrons. The minimum absolute atomic E-state index is 0.0296. The molecule has 0 aliphatic carbocycles. The van der Waals surface area contributed by atoms with Gasteiger partial charge in [0.1, 0.15) is 0 Å². The number of carbonyl (C=O) groups is 1. The summed E-state index contributed by atoms with van der Waals surface area (Å²) >= 11 is 0. The van der Waals surface area contributed by atoms with Crippen LogP contribution in [0.15, 0.2) is 30.3 Å². The highest BCUT2D eigenvalue weighted by Gasteiger charge is 2.04. The Morgan fingerprint density at radius 1 is 1.53 bits per heavy atom. The molecule has 3 nitrogen and oxygen atoms in total. The summed E-state index contributed by atoms with van der Waals surface area (Å²) < 4.78 is 5.19. The van der Waals surface area contributed by atoms with Crippen LogP contribution in [-0.4, -0.2) is 12.1 Å². The molecule has 2 N–H and O–H groups in total. The zero-order chi connectivity index (χ0) is 12.7. The number of rotatable bonds is 5. The fraction of sp³-hybridized carbons (Fsp3) is 0.357. The number of benzene rings is 1. The van der Waals surface area contributed by atoms with E-state index in [1.807, 2.05) is 19.1 Å². The van der Waals surface area contributed by atoms with E-state index in [2.05, 4.69) is 6.92 Å². The maximum absolute atomic E-state index is 11.4. The van der Waals surface area contributed by atoms with Gasteiger partial charge in [0.25, 0.3) is 0 Å². The number of nitrogens with two attached hydrogens (primary N) is 1. The number of esters is 1. The highest BCUT2D eigenvalue weighted by molar-refractivity contribution is 5.87. The fourth-order valence-electron chi connectivity index (χ4n) is 1.53. The van der Waals surface area contributed by atoms with Gasteiger partial charge in [-0.3, -0.25) is 0 Å². The van der Waals surface area contributed by atoms with Crippen LogP contribution < -0.4 is 5.73 Å². The van der Waals surface area contributed by atoms with Gasteiger partial charge < -0.3 is 10.5 Å². The van der Waals surface area contributed by atoms with Gasteiger partial charge in [0, 0.05) is 11.8 Å². The Balaban J connectivity index is 2.51. The highest BCUT2D eigenvalue weighted by Crippen LogP contribution is 2.08. The third kappa shape index (κ3) is 5.20. The maximum atomic E-state index is 11.4. The Morgan fingerprint density at radius 3 is 2.94 bits per heavy atom. The number of nitrogen functional groups attached to an aromatic ring is 1. The Bertz CT molecular complexity index is 399. The zero-order valence-electron chi connectivity index (χ0n) is 10.3. The third-order valence-electron chi connectivity index (χ3n) is 2.34. The van der Waals surface area contributed by atoms with Gasteiger partial charge in [-0.2, -0.15) is 0 Å². The highest BCUT2D eigenvalue weighted by atomic mass is 16.5. The van der Waals surface area contributed by atoms with E-state index < -0.39 is 0 Å². The van der Waals surface area contributed by atoms with Crippen molar-refractivity contribution in [1.29, 1.82) is 0 Å². The van der Waals surface area contributed by atoms with Crippen molar-refractivity contribution in [2.75, 3.05) is 5.73 Å². The van der Waals surface area contributed by atoms with Gasteiger partial charge in [-0.05, 0) is 37.1 Å². The van der Waals surface area contributed by atoms with Crippen molar-refractivity contribution in [2.45, 2.75) is 32.8 Å². The Morgan fingerprint density at radius 2 is 2.29 bits per heavy atom. The van der Waals surface area contributed by atoms with E-state index in [4.69, 9.17) is 10.5 Å². The molecule has 1 rings (SSSR count). The van der Waals surface area contributed by atoms with E-state index in [1.165, 1.54) is 6.08 Å². The fourth-order valence-corrected chi connectivity index (χ4v) is 1.53. The van der Waals surface area contributed by atoms with Crippen LogP contribution in [0.4, 0.5) is 5.69 Å². The van der Waals surface area contributed by atoms with Crippen molar-refractivity contribution >= 4 is 17.7 Å². The summed E-state index contributed by atoms with van der Waals surface area (Å²) in [5.74, 6) is -0.312. The third-order valence-corrected chi connectivity index (χ3v) is 2.34. The van der Waals surface area contributed by atoms with Crippen LogP contribution in [-0.2, 0) is 9.53 Å². The van der Waals surface area contributed by atoms with Crippen molar-refractivity contribution in [3.63, 3.8) is 0 Å². The first kappa shape index (κ1) is 13.3. The number of hydrogen-bond donors (Lipinski definition) is 1. The lowest BCUT2D eigenvalue weighted by atomic mass is 10.2. The summed E-state index contributed by atoms with van der Waals surface area (Å²) in [6.45, 7) is 3.96. The van der Waals surface area contributed by atoms with Crippen molar-refractivity contribution < 1.29 is 9.53 Å². The molecule has 0 radical (unpaired) electrons. The topological polar surface area (TPSA) is 52.3 Å². The molecule has 1 atom stereocenters. The minimum Gasteiger partial charge on any atom is -0.460 e. The summed E-state index contributed by atoms with van der Waals surface area (Å²) in [5, 5.41) is 0. The molecule has 0 amide bonds. The molecule has 0 heterocycles. The molecule has 0 aromatic heterocycles. The number of anilines is 1. The van der Waals surface area contributed by atoms with E-state index >= 15 is 0 Å². The SMILES string of the molecule is CCCC(C)OC(=O)/C=C/c1cccc(N)c1. The molecular weight excluding hydrogens is 214 g/mol. The zero-order valence-corrected chi connectivity index (χ0v) is 10.3. The lowest BCUT2D eigenvalue weighted by Crippen LogP contribution is -2.12. The van der Waals surface area contributed by atoms with Crippen molar-refractivity contribution in [3.8, 4) is 0 Å². The van der Waals surface area contributed by atoms with E-state index in [-0.39, 0.29) is 12.1 Å². The number of hydrogen-bond acceptors (Lipinski definition) is 3. The second-order valence-corrected chi connectivity index (χ2v) is 4.04. The molecule has 0 saturated carbocycles. The second-order valence-electron chi connectivity index (χ2n) is 4.04. The van der Waals surface area contributed by atoms with Gasteiger partial charge in [-0.15, -0.1) is 0 Å². The normalized spacial score (nSPS) is 12.6. The summed E-state index contributed by atoms with van der Waals surface area (Å²) in [6.07, 6.45) is 5.00. The summed E-state index contributed by atoms with van der Waals surface area (Å²) in [7, 11) is 0. The smallest absolute Gasteiger partial charge is 0.331 e. The molecule has 1 aromatic carbocycles. The van der Waals surface area contributed by atoms with Gasteiger partial charge in [0.2, 0.25) is 0 Å². The molecule has 0 aliphatic rings. The average Bonchev–Trinajstić information content (AvgIpc) is 2.27. The monoisotopic (exact) mass is 233 g/mol. The van der Waals surface area contributed by atoms with Crippen molar-refractivity contribution in [2.24, 2.45) is 0 Å². The Labute approximate surface area is 102 Å². The first-order chi connectivity index (χ1) is 8.11. The Hall–Kier alpha value is -1.77. The summed E-state index contributed by atoms with van der Waals surface area (Å²) in [5.41, 5.74) is 7.21. The van der Waals surface area contributed by atoms with E-state index in [0.29, 0.717) is 5.69 Å². The van der Waals surface area contributed by atoms with Gasteiger partial charge >= 0.3 is 5.97 Å². The lowest BCUT2D eigenvalue weighted by molar-refractivity contribution is -0.142. The molecule has 1 unspecified atom stereocenters. The van der Waals surface area contributed by atoms with Crippen LogP contribution in [0.1, 0.15) is 32.3 Å². The first-order valence-electron chi connectivity index (χ1n) is 5.86. The molecule has 3 heteroatoms.